The van der Waals surface area contributed by atoms with Crippen LogP contribution in [0.2, 0.25) is 0 Å². The van der Waals surface area contributed by atoms with Crippen LogP contribution < -0.4 is 5.32 Å². The molecule has 0 amide bonds. The van der Waals surface area contributed by atoms with Crippen LogP contribution in [0.25, 0.3) is 0 Å². The fourth-order valence-electron chi connectivity index (χ4n) is 4.91. The average Bonchev–Trinajstić information content (AvgIpc) is 3.19. The Labute approximate surface area is 191 Å². The quantitative estimate of drug-likeness (QED) is 0.368. The van der Waals surface area contributed by atoms with Gasteiger partial charge in [0.05, 0.1) is 13.2 Å². The maximum Gasteiger partial charge on any atom is 0.193 e. The zero-order valence-electron chi connectivity index (χ0n) is 17.5. The van der Waals surface area contributed by atoms with E-state index in [1.807, 2.05) is 13.1 Å². The number of rotatable bonds is 4. The summed E-state index contributed by atoms with van der Waals surface area (Å²) in [7, 11) is 1.86. The minimum absolute atomic E-state index is 0. The summed E-state index contributed by atoms with van der Waals surface area (Å²) >= 11 is 0. The van der Waals surface area contributed by atoms with E-state index in [1.165, 1.54) is 30.4 Å². The van der Waals surface area contributed by atoms with Crippen LogP contribution >= 0.6 is 24.0 Å². The number of likely N-dealkylation sites (tertiary alicyclic amines) is 1. The minimum atomic E-state index is 0. The second-order valence-corrected chi connectivity index (χ2v) is 8.32. The molecule has 2 fully saturated rings. The first kappa shape index (κ1) is 22.6. The molecular weight excluding hydrogens is 479 g/mol. The van der Waals surface area contributed by atoms with Crippen LogP contribution in [0.4, 0.5) is 0 Å². The van der Waals surface area contributed by atoms with Crippen molar-refractivity contribution in [1.29, 1.82) is 0 Å². The summed E-state index contributed by atoms with van der Waals surface area (Å²) in [5, 5.41) is 14.0. The summed E-state index contributed by atoms with van der Waals surface area (Å²) in [5.41, 5.74) is 3.81. The van der Waals surface area contributed by atoms with Crippen LogP contribution in [0.15, 0.2) is 17.1 Å². The number of guanidine groups is 1. The Morgan fingerprint density at radius 3 is 2.79 bits per heavy atom. The standard InChI is InChI=1S/C22H34N4O2.HI/c1-23-22(26-9-8-17(16-26)15-25-10-12-28-13-11-25)24-14-20-19-5-3-2-4-18(19)6-7-21(20)27;/h6-7,17,27H,2-5,8-16H2,1H3,(H,23,24);1H. The van der Waals surface area contributed by atoms with Gasteiger partial charge in [-0.1, -0.05) is 6.07 Å². The normalized spacial score (nSPS) is 22.9. The van der Waals surface area contributed by atoms with E-state index in [4.69, 9.17) is 4.74 Å². The van der Waals surface area contributed by atoms with Gasteiger partial charge in [0.15, 0.2) is 5.96 Å². The van der Waals surface area contributed by atoms with Crippen molar-refractivity contribution in [1.82, 2.24) is 15.1 Å². The Kier molecular flexibility index (Phi) is 8.44. The molecule has 0 spiro atoms. The highest BCUT2D eigenvalue weighted by Crippen LogP contribution is 2.30. The Hall–Kier alpha value is -1.06. The molecule has 0 aromatic heterocycles. The number of ether oxygens (including phenoxy) is 1. The highest BCUT2D eigenvalue weighted by atomic mass is 127. The first-order valence-corrected chi connectivity index (χ1v) is 10.8. The third kappa shape index (κ3) is 5.55. The molecule has 0 bridgehead atoms. The molecule has 6 nitrogen and oxygen atoms in total. The summed E-state index contributed by atoms with van der Waals surface area (Å²) < 4.78 is 5.46. The zero-order valence-corrected chi connectivity index (χ0v) is 19.9. The Morgan fingerprint density at radius 2 is 2.00 bits per heavy atom. The molecule has 162 valence electrons. The van der Waals surface area contributed by atoms with E-state index in [0.717, 1.165) is 70.3 Å². The van der Waals surface area contributed by atoms with E-state index >= 15 is 0 Å². The number of phenols is 1. The first-order chi connectivity index (χ1) is 13.7. The van der Waals surface area contributed by atoms with Crippen LogP contribution in [-0.4, -0.2) is 73.9 Å². The third-order valence-corrected chi connectivity index (χ3v) is 6.47. The molecule has 1 unspecified atom stereocenters. The number of hydrogen-bond acceptors (Lipinski definition) is 4. The average molecular weight is 514 g/mol. The fourth-order valence-corrected chi connectivity index (χ4v) is 4.91. The topological polar surface area (TPSA) is 60.3 Å². The van der Waals surface area contributed by atoms with E-state index in [1.54, 1.807) is 0 Å². The molecule has 2 saturated heterocycles. The van der Waals surface area contributed by atoms with Crippen molar-refractivity contribution < 1.29 is 9.84 Å². The van der Waals surface area contributed by atoms with Crippen molar-refractivity contribution in [2.75, 3.05) is 53.0 Å². The van der Waals surface area contributed by atoms with E-state index < -0.39 is 0 Å². The van der Waals surface area contributed by atoms with Gasteiger partial charge >= 0.3 is 0 Å². The molecule has 2 heterocycles. The molecule has 2 N–H and O–H groups in total. The highest BCUT2D eigenvalue weighted by Gasteiger charge is 2.27. The van der Waals surface area contributed by atoms with Gasteiger partial charge in [0.25, 0.3) is 0 Å². The molecule has 3 aliphatic rings. The molecule has 1 aromatic rings. The number of aryl methyl sites for hydroxylation is 1. The number of aromatic hydroxyl groups is 1. The molecular formula is C22H35IN4O2. The van der Waals surface area contributed by atoms with Crippen LogP contribution in [0.3, 0.4) is 0 Å². The minimum Gasteiger partial charge on any atom is -0.508 e. The van der Waals surface area contributed by atoms with Gasteiger partial charge in [0, 0.05) is 51.9 Å². The van der Waals surface area contributed by atoms with Crippen molar-refractivity contribution in [3.05, 3.63) is 28.8 Å². The maximum absolute atomic E-state index is 10.4. The van der Waals surface area contributed by atoms with Crippen molar-refractivity contribution in [2.24, 2.45) is 10.9 Å². The zero-order chi connectivity index (χ0) is 19.3. The largest absolute Gasteiger partial charge is 0.508 e. The summed E-state index contributed by atoms with van der Waals surface area (Å²) in [5.74, 6) is 2.06. The summed E-state index contributed by atoms with van der Waals surface area (Å²) in [6, 6.07) is 3.96. The van der Waals surface area contributed by atoms with Crippen LogP contribution in [0.1, 0.15) is 36.0 Å². The van der Waals surface area contributed by atoms with Gasteiger partial charge in [0.2, 0.25) is 0 Å². The molecule has 0 saturated carbocycles. The number of benzene rings is 1. The highest BCUT2D eigenvalue weighted by molar-refractivity contribution is 14.0. The second-order valence-electron chi connectivity index (χ2n) is 8.32. The lowest BCUT2D eigenvalue weighted by Gasteiger charge is -2.29. The predicted molar refractivity (Wildman–Crippen MR) is 127 cm³/mol. The summed E-state index contributed by atoms with van der Waals surface area (Å²) in [4.78, 5) is 9.43. The number of hydrogen-bond donors (Lipinski definition) is 2. The van der Waals surface area contributed by atoms with Crippen molar-refractivity contribution in [3.8, 4) is 5.75 Å². The number of phenolic OH excluding ortho intramolecular Hbond substituents is 1. The predicted octanol–water partition coefficient (Wildman–Crippen LogP) is 2.62. The van der Waals surface area contributed by atoms with E-state index in [0.29, 0.717) is 18.2 Å². The number of fused-ring (bicyclic) bond motifs is 1. The number of aliphatic imine (C=N–C) groups is 1. The van der Waals surface area contributed by atoms with Gasteiger partial charge in [-0.25, -0.2) is 0 Å². The third-order valence-electron chi connectivity index (χ3n) is 6.47. The molecule has 4 rings (SSSR count). The smallest absolute Gasteiger partial charge is 0.193 e. The molecule has 0 radical (unpaired) electrons. The first-order valence-electron chi connectivity index (χ1n) is 10.8. The summed E-state index contributed by atoms with van der Waals surface area (Å²) in [6.45, 7) is 7.75. The van der Waals surface area contributed by atoms with E-state index in [9.17, 15) is 5.11 Å². The van der Waals surface area contributed by atoms with Crippen LogP contribution in [0.5, 0.6) is 5.75 Å². The van der Waals surface area contributed by atoms with Crippen molar-refractivity contribution in [3.63, 3.8) is 0 Å². The number of morpholine rings is 1. The van der Waals surface area contributed by atoms with Gasteiger partial charge in [-0.15, -0.1) is 24.0 Å². The molecule has 2 aliphatic heterocycles. The molecule has 1 aliphatic carbocycles. The fraction of sp³-hybridized carbons (Fsp3) is 0.682. The maximum atomic E-state index is 10.4. The van der Waals surface area contributed by atoms with E-state index in [2.05, 4.69) is 26.2 Å². The van der Waals surface area contributed by atoms with Crippen molar-refractivity contribution in [2.45, 2.75) is 38.6 Å². The van der Waals surface area contributed by atoms with Gasteiger partial charge < -0.3 is 20.1 Å². The SMILES string of the molecule is CN=C(NCc1c(O)ccc2c1CCCC2)N1CCC(CN2CCOCC2)C1.I. The van der Waals surface area contributed by atoms with Crippen molar-refractivity contribution >= 4 is 29.9 Å². The van der Waals surface area contributed by atoms with Gasteiger partial charge in [-0.05, 0) is 55.2 Å². The van der Waals surface area contributed by atoms with Crippen LogP contribution in [0, 0.1) is 5.92 Å². The molecule has 1 aromatic carbocycles. The van der Waals surface area contributed by atoms with Gasteiger partial charge in [-0.2, -0.15) is 0 Å². The molecule has 7 heteroatoms. The van der Waals surface area contributed by atoms with Crippen LogP contribution in [-0.2, 0) is 24.1 Å². The lowest BCUT2D eigenvalue weighted by molar-refractivity contribution is 0.0315. The number of halogens is 1. The van der Waals surface area contributed by atoms with E-state index in [-0.39, 0.29) is 24.0 Å². The van der Waals surface area contributed by atoms with Gasteiger partial charge in [0.1, 0.15) is 5.75 Å². The Balaban J connectivity index is 0.00000240. The van der Waals surface area contributed by atoms with Gasteiger partial charge in [-0.3, -0.25) is 9.89 Å². The lowest BCUT2D eigenvalue weighted by Crippen LogP contribution is -2.42. The summed E-state index contributed by atoms with van der Waals surface area (Å²) in [6.07, 6.45) is 5.89. The molecule has 1 atom stereocenters. The number of nitrogens with zero attached hydrogens (tertiary/aromatic N) is 3. The number of nitrogens with one attached hydrogen (secondary N) is 1. The molecule has 29 heavy (non-hydrogen) atoms. The monoisotopic (exact) mass is 514 g/mol. The Bertz CT molecular complexity index is 706. The Morgan fingerprint density at radius 1 is 1.21 bits per heavy atom. The lowest BCUT2D eigenvalue weighted by atomic mass is 9.88. The second kappa shape index (κ2) is 10.8.